The Bertz CT molecular complexity index is 630. The average Bonchev–Trinajstić information content (AvgIpc) is 3.05. The first-order valence-corrected chi connectivity index (χ1v) is 7.21. The van der Waals surface area contributed by atoms with Crippen LogP contribution in [0.3, 0.4) is 0 Å². The van der Waals surface area contributed by atoms with Crippen molar-refractivity contribution in [3.05, 3.63) is 23.2 Å². The smallest absolute Gasteiger partial charge is 0.182 e. The van der Waals surface area contributed by atoms with Crippen LogP contribution in [0.5, 0.6) is 0 Å². The van der Waals surface area contributed by atoms with Crippen LogP contribution >= 0.6 is 11.6 Å². The summed E-state index contributed by atoms with van der Waals surface area (Å²) >= 11 is 6.08. The number of nitrogen functional groups attached to an aromatic ring is 1. The fourth-order valence-electron chi connectivity index (χ4n) is 2.56. The zero-order valence-corrected chi connectivity index (χ0v) is 12.4. The van der Waals surface area contributed by atoms with Crippen LogP contribution in [-0.2, 0) is 6.54 Å². The lowest BCUT2D eigenvalue weighted by Crippen LogP contribution is -2.19. The molecule has 1 saturated carbocycles. The molecule has 0 unspecified atom stereocenters. The molecular formula is C14H18ClN5. The maximum absolute atomic E-state index is 6.08. The van der Waals surface area contributed by atoms with Gasteiger partial charge in [0.05, 0.1) is 17.3 Å². The topological polar surface area (TPSA) is 69.6 Å². The van der Waals surface area contributed by atoms with Gasteiger partial charge in [-0.25, -0.2) is 4.68 Å². The monoisotopic (exact) mass is 291 g/mol. The summed E-state index contributed by atoms with van der Waals surface area (Å²) in [5.41, 5.74) is 7.55. The Labute approximate surface area is 123 Å². The maximum atomic E-state index is 6.08. The number of nitrogens with zero attached hydrogens (tertiary/aromatic N) is 4. The SMILES string of the molecule is CC(C)C1(Cn2nnnc2-c2ccc(N)c(Cl)c2)CC1. The first-order valence-electron chi connectivity index (χ1n) is 6.83. The van der Waals surface area contributed by atoms with Gasteiger partial charge in [-0.05, 0) is 52.8 Å². The molecule has 1 fully saturated rings. The molecule has 1 heterocycles. The van der Waals surface area contributed by atoms with E-state index in [9.17, 15) is 0 Å². The van der Waals surface area contributed by atoms with E-state index in [1.165, 1.54) is 12.8 Å². The number of aromatic nitrogens is 4. The normalized spacial score (nSPS) is 16.6. The number of halogens is 1. The highest BCUT2D eigenvalue weighted by Crippen LogP contribution is 2.53. The van der Waals surface area contributed by atoms with Gasteiger partial charge in [0, 0.05) is 5.56 Å². The molecule has 0 bridgehead atoms. The third-order valence-corrected chi connectivity index (χ3v) is 4.70. The number of rotatable bonds is 4. The Kier molecular flexibility index (Phi) is 3.17. The second-order valence-corrected chi connectivity index (χ2v) is 6.32. The van der Waals surface area contributed by atoms with E-state index in [2.05, 4.69) is 29.4 Å². The van der Waals surface area contributed by atoms with Crippen LogP contribution in [-0.4, -0.2) is 20.2 Å². The van der Waals surface area contributed by atoms with Crippen molar-refractivity contribution in [2.24, 2.45) is 11.3 Å². The molecule has 0 spiro atoms. The Morgan fingerprint density at radius 3 is 2.75 bits per heavy atom. The van der Waals surface area contributed by atoms with Crippen LogP contribution in [0, 0.1) is 11.3 Å². The molecule has 1 aliphatic rings. The fraction of sp³-hybridized carbons (Fsp3) is 0.500. The summed E-state index contributed by atoms with van der Waals surface area (Å²) in [6.45, 7) is 5.38. The summed E-state index contributed by atoms with van der Waals surface area (Å²) in [7, 11) is 0. The summed E-state index contributed by atoms with van der Waals surface area (Å²) in [4.78, 5) is 0. The molecular weight excluding hydrogens is 274 g/mol. The predicted octanol–water partition coefficient (Wildman–Crippen LogP) is 3.01. The lowest BCUT2D eigenvalue weighted by Gasteiger charge is -2.19. The van der Waals surface area contributed by atoms with E-state index < -0.39 is 0 Å². The van der Waals surface area contributed by atoms with Crippen molar-refractivity contribution in [1.82, 2.24) is 20.2 Å². The van der Waals surface area contributed by atoms with Gasteiger partial charge >= 0.3 is 0 Å². The molecule has 1 aromatic heterocycles. The molecule has 0 radical (unpaired) electrons. The minimum absolute atomic E-state index is 0.349. The summed E-state index contributed by atoms with van der Waals surface area (Å²) < 4.78 is 1.88. The van der Waals surface area contributed by atoms with E-state index >= 15 is 0 Å². The average molecular weight is 292 g/mol. The number of nitrogens with two attached hydrogens (primary N) is 1. The van der Waals surface area contributed by atoms with Crippen molar-refractivity contribution < 1.29 is 0 Å². The number of anilines is 1. The molecule has 5 nitrogen and oxygen atoms in total. The molecule has 106 valence electrons. The summed E-state index contributed by atoms with van der Waals surface area (Å²) in [6.07, 6.45) is 2.49. The van der Waals surface area contributed by atoms with Crippen molar-refractivity contribution in [3.63, 3.8) is 0 Å². The minimum atomic E-state index is 0.349. The molecule has 2 N–H and O–H groups in total. The Morgan fingerprint density at radius 2 is 2.15 bits per heavy atom. The quantitative estimate of drug-likeness (QED) is 0.879. The summed E-state index contributed by atoms with van der Waals surface area (Å²) in [6, 6.07) is 5.50. The number of benzene rings is 1. The third kappa shape index (κ3) is 2.26. The van der Waals surface area contributed by atoms with Gasteiger partial charge < -0.3 is 5.73 Å². The second-order valence-electron chi connectivity index (χ2n) is 5.91. The minimum Gasteiger partial charge on any atom is -0.398 e. The maximum Gasteiger partial charge on any atom is 0.182 e. The summed E-state index contributed by atoms with van der Waals surface area (Å²) in [5.74, 6) is 1.38. The van der Waals surface area contributed by atoms with Crippen LogP contribution < -0.4 is 5.73 Å². The van der Waals surface area contributed by atoms with Gasteiger partial charge in [-0.2, -0.15) is 0 Å². The van der Waals surface area contributed by atoms with E-state index in [1.54, 1.807) is 6.07 Å². The predicted molar refractivity (Wildman–Crippen MR) is 79.2 cm³/mol. The van der Waals surface area contributed by atoms with Crippen LogP contribution in [0.4, 0.5) is 5.69 Å². The van der Waals surface area contributed by atoms with Gasteiger partial charge in [-0.3, -0.25) is 0 Å². The molecule has 0 saturated heterocycles. The van der Waals surface area contributed by atoms with Gasteiger partial charge in [0.1, 0.15) is 0 Å². The highest BCUT2D eigenvalue weighted by Gasteiger charge is 2.46. The molecule has 3 rings (SSSR count). The third-order valence-electron chi connectivity index (χ3n) is 4.37. The van der Waals surface area contributed by atoms with Crippen molar-refractivity contribution in [2.75, 3.05) is 5.73 Å². The van der Waals surface area contributed by atoms with Crippen molar-refractivity contribution in [3.8, 4) is 11.4 Å². The zero-order chi connectivity index (χ0) is 14.3. The zero-order valence-electron chi connectivity index (χ0n) is 11.7. The Hall–Kier alpha value is -1.62. The highest BCUT2D eigenvalue weighted by atomic mass is 35.5. The van der Waals surface area contributed by atoms with E-state index in [4.69, 9.17) is 17.3 Å². The van der Waals surface area contributed by atoms with Crippen LogP contribution in [0.25, 0.3) is 11.4 Å². The van der Waals surface area contributed by atoms with Gasteiger partial charge in [-0.15, -0.1) is 5.10 Å². The van der Waals surface area contributed by atoms with E-state index in [1.807, 2.05) is 16.8 Å². The fourth-order valence-corrected chi connectivity index (χ4v) is 2.74. The van der Waals surface area contributed by atoms with E-state index in [-0.39, 0.29) is 0 Å². The standard InChI is InChI=1S/C14H18ClN5/c1-9(2)14(5-6-14)8-20-13(17-18-19-20)10-3-4-12(16)11(15)7-10/h3-4,7,9H,5-6,8,16H2,1-2H3. The molecule has 0 amide bonds. The summed E-state index contributed by atoms with van der Waals surface area (Å²) in [5, 5.41) is 12.6. The second kappa shape index (κ2) is 4.74. The van der Waals surface area contributed by atoms with Crippen LogP contribution in [0.1, 0.15) is 26.7 Å². The highest BCUT2D eigenvalue weighted by molar-refractivity contribution is 6.33. The van der Waals surface area contributed by atoms with Crippen LogP contribution in [0.2, 0.25) is 5.02 Å². The lowest BCUT2D eigenvalue weighted by molar-refractivity contribution is 0.294. The molecule has 1 aliphatic carbocycles. The van der Waals surface area contributed by atoms with Crippen LogP contribution in [0.15, 0.2) is 18.2 Å². The van der Waals surface area contributed by atoms with Crippen molar-refractivity contribution in [2.45, 2.75) is 33.2 Å². The van der Waals surface area contributed by atoms with E-state index in [0.717, 1.165) is 17.9 Å². The van der Waals surface area contributed by atoms with Crippen molar-refractivity contribution >= 4 is 17.3 Å². The Balaban J connectivity index is 1.92. The molecule has 0 atom stereocenters. The van der Waals surface area contributed by atoms with Crippen molar-refractivity contribution in [1.29, 1.82) is 0 Å². The van der Waals surface area contributed by atoms with Gasteiger partial charge in [-0.1, -0.05) is 25.4 Å². The number of hydrogen-bond donors (Lipinski definition) is 1. The largest absolute Gasteiger partial charge is 0.398 e. The van der Waals surface area contributed by atoms with Gasteiger partial charge in [0.2, 0.25) is 0 Å². The molecule has 2 aromatic rings. The first kappa shape index (κ1) is 13.4. The Morgan fingerprint density at radius 1 is 1.40 bits per heavy atom. The van der Waals surface area contributed by atoms with Gasteiger partial charge in [0.15, 0.2) is 5.82 Å². The lowest BCUT2D eigenvalue weighted by atomic mass is 9.92. The van der Waals surface area contributed by atoms with Gasteiger partial charge in [0.25, 0.3) is 0 Å². The molecule has 20 heavy (non-hydrogen) atoms. The first-order chi connectivity index (χ1) is 9.52. The number of tetrazole rings is 1. The molecule has 0 aliphatic heterocycles. The molecule has 6 heteroatoms. The molecule has 1 aromatic carbocycles. The van der Waals surface area contributed by atoms with E-state index in [0.29, 0.717) is 22.0 Å². The number of hydrogen-bond acceptors (Lipinski definition) is 4.